The van der Waals surface area contributed by atoms with Gasteiger partial charge in [0.05, 0.1) is 18.5 Å². The predicted octanol–water partition coefficient (Wildman–Crippen LogP) is 4.68. The van der Waals surface area contributed by atoms with Crippen molar-refractivity contribution in [3.63, 3.8) is 0 Å². The van der Waals surface area contributed by atoms with E-state index in [9.17, 15) is 5.11 Å². The summed E-state index contributed by atoms with van der Waals surface area (Å²) < 4.78 is 7.27. The minimum absolute atomic E-state index is 0.158. The summed E-state index contributed by atoms with van der Waals surface area (Å²) in [5.41, 5.74) is 2.79. The third kappa shape index (κ3) is 3.66. The Morgan fingerprint density at radius 3 is 2.46 bits per heavy atom. The van der Waals surface area contributed by atoms with Crippen molar-refractivity contribution in [1.29, 1.82) is 0 Å². The zero-order valence-corrected chi connectivity index (χ0v) is 14.9. The number of H-pyrrole nitrogens is 1. The van der Waals surface area contributed by atoms with Crippen molar-refractivity contribution in [2.75, 3.05) is 7.11 Å². The molecule has 0 spiro atoms. The van der Waals surface area contributed by atoms with Gasteiger partial charge >= 0.3 is 0 Å². The first-order chi connectivity index (χ1) is 11.7. The van der Waals surface area contributed by atoms with Crippen LogP contribution in [0.5, 0.6) is 11.6 Å². The van der Waals surface area contributed by atoms with Crippen molar-refractivity contribution < 1.29 is 9.84 Å². The van der Waals surface area contributed by atoms with Gasteiger partial charge in [0.25, 0.3) is 0 Å². The molecule has 2 N–H and O–H groups in total. The number of imidazole rings is 1. The minimum atomic E-state index is 0.158. The lowest BCUT2D eigenvalue weighted by atomic mass is 10.2. The lowest BCUT2D eigenvalue weighted by Crippen LogP contribution is -1.94. The van der Waals surface area contributed by atoms with E-state index in [1.165, 1.54) is 5.56 Å². The van der Waals surface area contributed by atoms with Crippen LogP contribution in [0.2, 0.25) is 0 Å². The Bertz CT molecular complexity index is 855. The van der Waals surface area contributed by atoms with Crippen LogP contribution in [0, 0.1) is 4.77 Å². The second-order valence-corrected chi connectivity index (χ2v) is 6.62. The molecule has 0 aliphatic heterocycles. The Morgan fingerprint density at radius 2 is 1.79 bits per heavy atom. The first-order valence-electron chi connectivity index (χ1n) is 7.48. The standard InChI is InChI=1S/C18H18N2O2S2/c1-22-15-9-7-14(8-10-15)20-17(21)16(19-18(20)23)12-24-11-13-5-3-2-4-6-13/h2-10,21H,11-12H2,1H3,(H,19,23). The number of benzene rings is 2. The van der Waals surface area contributed by atoms with Crippen LogP contribution >= 0.6 is 24.0 Å². The lowest BCUT2D eigenvalue weighted by Gasteiger charge is -2.06. The van der Waals surface area contributed by atoms with Gasteiger partial charge < -0.3 is 14.8 Å². The van der Waals surface area contributed by atoms with Crippen LogP contribution in [0.4, 0.5) is 0 Å². The summed E-state index contributed by atoms with van der Waals surface area (Å²) in [4.78, 5) is 3.10. The molecule has 0 aliphatic rings. The third-order valence-electron chi connectivity index (χ3n) is 3.63. The van der Waals surface area contributed by atoms with Gasteiger partial charge in [-0.2, -0.15) is 11.8 Å². The molecule has 1 heterocycles. The van der Waals surface area contributed by atoms with Crippen molar-refractivity contribution in [2.45, 2.75) is 11.5 Å². The molecule has 0 unspecified atom stereocenters. The van der Waals surface area contributed by atoms with Crippen molar-refractivity contribution in [1.82, 2.24) is 9.55 Å². The second kappa shape index (κ2) is 7.59. The van der Waals surface area contributed by atoms with Crippen molar-refractivity contribution in [3.05, 3.63) is 70.6 Å². The molecule has 3 aromatic rings. The third-order valence-corrected chi connectivity index (χ3v) is 4.95. The Labute approximate surface area is 150 Å². The molecule has 2 aromatic carbocycles. The highest BCUT2D eigenvalue weighted by Crippen LogP contribution is 2.27. The van der Waals surface area contributed by atoms with Gasteiger partial charge in [0, 0.05) is 11.5 Å². The summed E-state index contributed by atoms with van der Waals surface area (Å²) in [5.74, 6) is 2.46. The second-order valence-electron chi connectivity index (χ2n) is 5.24. The molecule has 0 fully saturated rings. The number of ether oxygens (including phenoxy) is 1. The number of aromatic hydroxyl groups is 1. The van der Waals surface area contributed by atoms with E-state index >= 15 is 0 Å². The monoisotopic (exact) mass is 358 g/mol. The zero-order valence-electron chi connectivity index (χ0n) is 13.2. The molecular weight excluding hydrogens is 340 g/mol. The predicted molar refractivity (Wildman–Crippen MR) is 101 cm³/mol. The van der Waals surface area contributed by atoms with E-state index in [2.05, 4.69) is 17.1 Å². The Morgan fingerprint density at radius 1 is 1.08 bits per heavy atom. The van der Waals surface area contributed by atoms with Gasteiger partial charge in [-0.1, -0.05) is 30.3 Å². The summed E-state index contributed by atoms with van der Waals surface area (Å²) in [6.45, 7) is 0. The molecule has 0 saturated carbocycles. The molecule has 6 heteroatoms. The van der Waals surface area contributed by atoms with Crippen LogP contribution in [-0.4, -0.2) is 21.8 Å². The summed E-state index contributed by atoms with van der Waals surface area (Å²) in [5, 5.41) is 10.5. The van der Waals surface area contributed by atoms with E-state index in [0.717, 1.165) is 22.9 Å². The fourth-order valence-electron chi connectivity index (χ4n) is 2.39. The largest absolute Gasteiger partial charge is 0.497 e. The van der Waals surface area contributed by atoms with Crippen LogP contribution in [0.3, 0.4) is 0 Å². The number of aromatic nitrogens is 2. The molecule has 124 valence electrons. The normalized spacial score (nSPS) is 10.7. The molecule has 0 atom stereocenters. The van der Waals surface area contributed by atoms with E-state index in [4.69, 9.17) is 17.0 Å². The summed E-state index contributed by atoms with van der Waals surface area (Å²) in [7, 11) is 1.62. The average Bonchev–Trinajstić information content (AvgIpc) is 2.90. The maximum absolute atomic E-state index is 10.5. The molecule has 0 bridgehead atoms. The van der Waals surface area contributed by atoms with Crippen LogP contribution in [-0.2, 0) is 11.5 Å². The summed E-state index contributed by atoms with van der Waals surface area (Å²) >= 11 is 7.08. The highest BCUT2D eigenvalue weighted by atomic mass is 32.2. The molecule has 0 amide bonds. The fraction of sp³-hybridized carbons (Fsp3) is 0.167. The van der Waals surface area contributed by atoms with Gasteiger partial charge in [-0.05, 0) is 42.0 Å². The van der Waals surface area contributed by atoms with Crippen molar-refractivity contribution >= 4 is 24.0 Å². The molecule has 24 heavy (non-hydrogen) atoms. The number of hydrogen-bond donors (Lipinski definition) is 2. The Kier molecular flexibility index (Phi) is 5.27. The van der Waals surface area contributed by atoms with E-state index < -0.39 is 0 Å². The molecule has 3 rings (SSSR count). The van der Waals surface area contributed by atoms with Crippen molar-refractivity contribution in [2.24, 2.45) is 0 Å². The Hall–Kier alpha value is -2.18. The quantitative estimate of drug-likeness (QED) is 0.628. The average molecular weight is 358 g/mol. The molecule has 1 aromatic heterocycles. The smallest absolute Gasteiger partial charge is 0.218 e. The van der Waals surface area contributed by atoms with Crippen LogP contribution in [0.1, 0.15) is 11.3 Å². The van der Waals surface area contributed by atoms with Gasteiger partial charge in [0.15, 0.2) is 4.77 Å². The van der Waals surface area contributed by atoms with Gasteiger partial charge in [0.2, 0.25) is 5.88 Å². The van der Waals surface area contributed by atoms with E-state index in [1.54, 1.807) is 23.4 Å². The van der Waals surface area contributed by atoms with E-state index in [1.807, 2.05) is 42.5 Å². The molecule has 0 aliphatic carbocycles. The number of hydrogen-bond acceptors (Lipinski definition) is 4. The minimum Gasteiger partial charge on any atom is -0.497 e. The highest BCUT2D eigenvalue weighted by molar-refractivity contribution is 7.97. The Balaban J connectivity index is 1.75. The molecule has 4 nitrogen and oxygen atoms in total. The molecule has 0 radical (unpaired) electrons. The first-order valence-corrected chi connectivity index (χ1v) is 9.04. The number of thioether (sulfide) groups is 1. The number of aromatic amines is 1. The topological polar surface area (TPSA) is 50.2 Å². The van der Waals surface area contributed by atoms with Gasteiger partial charge in [-0.25, -0.2) is 0 Å². The lowest BCUT2D eigenvalue weighted by molar-refractivity contribution is 0.414. The number of nitrogens with one attached hydrogen (secondary N) is 1. The number of nitrogens with zero attached hydrogens (tertiary/aromatic N) is 1. The molecule has 0 saturated heterocycles. The fourth-order valence-corrected chi connectivity index (χ4v) is 3.64. The zero-order chi connectivity index (χ0) is 16.9. The van der Waals surface area contributed by atoms with Gasteiger partial charge in [-0.15, -0.1) is 0 Å². The van der Waals surface area contributed by atoms with E-state index in [0.29, 0.717) is 10.5 Å². The van der Waals surface area contributed by atoms with Crippen molar-refractivity contribution in [3.8, 4) is 17.3 Å². The molecular formula is C18H18N2O2S2. The highest BCUT2D eigenvalue weighted by Gasteiger charge is 2.12. The van der Waals surface area contributed by atoms with Crippen LogP contribution in [0.15, 0.2) is 54.6 Å². The maximum Gasteiger partial charge on any atom is 0.218 e. The summed E-state index contributed by atoms with van der Waals surface area (Å²) in [6, 6.07) is 17.7. The van der Waals surface area contributed by atoms with E-state index in [-0.39, 0.29) is 5.88 Å². The SMILES string of the molecule is COc1ccc(-n2c(O)c(CSCc3ccccc3)[nH]c2=S)cc1. The van der Waals surface area contributed by atoms with Gasteiger partial charge in [0.1, 0.15) is 5.75 Å². The number of rotatable bonds is 6. The number of methoxy groups -OCH3 is 1. The van der Waals surface area contributed by atoms with Crippen LogP contribution in [0.25, 0.3) is 5.69 Å². The maximum atomic E-state index is 10.5. The first kappa shape index (κ1) is 16.7. The summed E-state index contributed by atoms with van der Waals surface area (Å²) in [6.07, 6.45) is 0. The van der Waals surface area contributed by atoms with Gasteiger partial charge in [-0.3, -0.25) is 4.57 Å². The van der Waals surface area contributed by atoms with Crippen LogP contribution < -0.4 is 4.74 Å².